The van der Waals surface area contributed by atoms with E-state index in [-0.39, 0.29) is 39.1 Å². The third kappa shape index (κ3) is 5.03. The van der Waals surface area contributed by atoms with Crippen molar-refractivity contribution in [2.24, 2.45) is 26.6 Å². The van der Waals surface area contributed by atoms with Crippen molar-refractivity contribution in [2.75, 3.05) is 11.9 Å². The van der Waals surface area contributed by atoms with Gasteiger partial charge in [-0.2, -0.15) is 0 Å². The van der Waals surface area contributed by atoms with E-state index in [1.807, 2.05) is 20.8 Å². The first-order valence-electron chi connectivity index (χ1n) is 11.4. The molecule has 0 aliphatic carbocycles. The highest BCUT2D eigenvalue weighted by molar-refractivity contribution is 7.14. The maximum atomic E-state index is 14.7. The second-order valence-corrected chi connectivity index (χ2v) is 11.3. The topological polar surface area (TPSA) is 122 Å². The first-order chi connectivity index (χ1) is 17.7. The zero-order valence-corrected chi connectivity index (χ0v) is 23.2. The molecule has 0 radical (unpaired) electrons. The van der Waals surface area contributed by atoms with Gasteiger partial charge in [-0.25, -0.2) is 19.0 Å². The fraction of sp³-hybridized carbons (Fsp3) is 0.375. The third-order valence-corrected chi connectivity index (χ3v) is 6.75. The number of benzene rings is 1. The summed E-state index contributed by atoms with van der Waals surface area (Å²) in [5, 5.41) is 4.50. The van der Waals surface area contributed by atoms with Gasteiger partial charge in [0.25, 0.3) is 5.56 Å². The molecule has 4 aromatic rings. The maximum absolute atomic E-state index is 14.7. The zero-order chi connectivity index (χ0) is 28.1. The molecule has 0 aliphatic heterocycles. The van der Waals surface area contributed by atoms with Crippen LogP contribution in [-0.4, -0.2) is 35.8 Å². The molecule has 0 fully saturated rings. The van der Waals surface area contributed by atoms with E-state index in [0.29, 0.717) is 11.3 Å². The number of nitrogens with zero attached hydrogens (tertiary/aromatic N) is 5. The second kappa shape index (κ2) is 9.87. The van der Waals surface area contributed by atoms with Gasteiger partial charge in [0.1, 0.15) is 6.54 Å². The van der Waals surface area contributed by atoms with Crippen molar-refractivity contribution in [3.8, 4) is 17.0 Å². The zero-order valence-electron chi connectivity index (χ0n) is 21.6. The Labute approximate surface area is 224 Å². The molecular weight excluding hydrogens is 539 g/mol. The largest absolute Gasteiger partial charge is 0.488 e. The molecular formula is C24H26ClFN6O5S. The minimum atomic E-state index is -0.695. The van der Waals surface area contributed by atoms with Crippen LogP contribution >= 0.6 is 22.9 Å². The summed E-state index contributed by atoms with van der Waals surface area (Å²) in [6.07, 6.45) is 0. The lowest BCUT2D eigenvalue weighted by Gasteiger charge is -2.20. The Balaban J connectivity index is 1.57. The molecule has 202 valence electrons. The molecule has 14 heteroatoms. The van der Waals surface area contributed by atoms with E-state index in [1.54, 1.807) is 5.38 Å². The monoisotopic (exact) mass is 564 g/mol. The summed E-state index contributed by atoms with van der Waals surface area (Å²) in [5.41, 5.74) is -1.32. The Hall–Kier alpha value is -3.71. The summed E-state index contributed by atoms with van der Waals surface area (Å²) < 4.78 is 24.5. The summed E-state index contributed by atoms with van der Waals surface area (Å²) >= 11 is 7.35. The van der Waals surface area contributed by atoms with Crippen LogP contribution in [0.15, 0.2) is 31.9 Å². The number of aryl methyl sites for hydroxylation is 2. The van der Waals surface area contributed by atoms with Crippen LogP contribution in [0.1, 0.15) is 20.8 Å². The fourth-order valence-corrected chi connectivity index (χ4v) is 4.85. The average molecular weight is 565 g/mol. The van der Waals surface area contributed by atoms with Crippen molar-refractivity contribution >= 4 is 45.1 Å². The number of anilines is 1. The maximum Gasteiger partial charge on any atom is 0.332 e. The lowest BCUT2D eigenvalue weighted by Crippen LogP contribution is -2.38. The van der Waals surface area contributed by atoms with Crippen molar-refractivity contribution in [2.45, 2.75) is 27.3 Å². The highest BCUT2D eigenvalue weighted by atomic mass is 35.5. The minimum Gasteiger partial charge on any atom is -0.488 e. The van der Waals surface area contributed by atoms with E-state index in [1.165, 1.54) is 37.8 Å². The first-order valence-corrected chi connectivity index (χ1v) is 12.7. The van der Waals surface area contributed by atoms with Crippen molar-refractivity contribution in [1.82, 2.24) is 23.3 Å². The van der Waals surface area contributed by atoms with Gasteiger partial charge in [0, 0.05) is 32.1 Å². The predicted molar refractivity (Wildman–Crippen MR) is 144 cm³/mol. The van der Waals surface area contributed by atoms with E-state index in [2.05, 4.69) is 10.3 Å². The van der Waals surface area contributed by atoms with Gasteiger partial charge in [-0.05, 0) is 17.5 Å². The van der Waals surface area contributed by atoms with Crippen molar-refractivity contribution in [3.05, 3.63) is 59.7 Å². The SMILES string of the molecule is Cn1c(=O)c2c(n(C)c1=O)n(C)c(=O)n2CC(=O)Nc1nc(-c2cc(F)c(OCC(C)(C)C)c(Cl)c2)cs1. The van der Waals surface area contributed by atoms with Crippen molar-refractivity contribution in [3.63, 3.8) is 0 Å². The molecule has 0 saturated heterocycles. The fourth-order valence-electron chi connectivity index (χ4n) is 3.85. The number of amides is 1. The Bertz CT molecular complexity index is 1730. The number of nitrogens with one attached hydrogen (secondary N) is 1. The van der Waals surface area contributed by atoms with Crippen molar-refractivity contribution in [1.29, 1.82) is 0 Å². The van der Waals surface area contributed by atoms with Crippen LogP contribution in [0.3, 0.4) is 0 Å². The van der Waals surface area contributed by atoms with Gasteiger partial charge in [-0.1, -0.05) is 32.4 Å². The van der Waals surface area contributed by atoms with E-state index in [9.17, 15) is 23.6 Å². The molecule has 1 N–H and O–H groups in total. The Morgan fingerprint density at radius 3 is 2.39 bits per heavy atom. The average Bonchev–Trinajstić information content (AvgIpc) is 3.38. The van der Waals surface area contributed by atoms with Crippen LogP contribution in [0.2, 0.25) is 5.02 Å². The molecule has 0 aliphatic rings. The molecule has 38 heavy (non-hydrogen) atoms. The first kappa shape index (κ1) is 27.3. The van der Waals surface area contributed by atoms with Gasteiger partial charge in [0.2, 0.25) is 5.91 Å². The van der Waals surface area contributed by atoms with Crippen LogP contribution in [0.5, 0.6) is 5.75 Å². The van der Waals surface area contributed by atoms with Crippen LogP contribution in [0.25, 0.3) is 22.4 Å². The van der Waals surface area contributed by atoms with E-state index < -0.39 is 35.2 Å². The third-order valence-electron chi connectivity index (χ3n) is 5.71. The van der Waals surface area contributed by atoms with Gasteiger partial charge >= 0.3 is 11.4 Å². The predicted octanol–water partition coefficient (Wildman–Crippen LogP) is 2.72. The number of rotatable bonds is 6. The number of fused-ring (bicyclic) bond motifs is 1. The minimum absolute atomic E-state index is 0.0433. The number of thiazole rings is 1. The lowest BCUT2D eigenvalue weighted by atomic mass is 9.99. The number of ether oxygens (including phenoxy) is 1. The summed E-state index contributed by atoms with van der Waals surface area (Å²) in [6.45, 7) is 5.65. The van der Waals surface area contributed by atoms with Crippen LogP contribution in [-0.2, 0) is 32.5 Å². The quantitative estimate of drug-likeness (QED) is 0.384. The molecule has 0 atom stereocenters. The van der Waals surface area contributed by atoms with Gasteiger partial charge in [-0.15, -0.1) is 11.3 Å². The van der Waals surface area contributed by atoms with E-state index in [4.69, 9.17) is 16.3 Å². The van der Waals surface area contributed by atoms with E-state index >= 15 is 0 Å². The number of hydrogen-bond acceptors (Lipinski definition) is 7. The number of aromatic nitrogens is 5. The standard InChI is InChI=1S/C24H26ClFN6O5S/c1-24(2,3)11-37-18-13(25)7-12(8-14(18)26)15-10-38-21(27-15)28-16(33)9-32-17-19(30(5)23(32)36)29(4)22(35)31(6)20(17)34/h7-8,10H,9,11H2,1-6H3,(H,27,28,33). The lowest BCUT2D eigenvalue weighted by molar-refractivity contribution is -0.116. The summed E-state index contributed by atoms with van der Waals surface area (Å²) in [4.78, 5) is 54.9. The van der Waals surface area contributed by atoms with Gasteiger partial charge in [-0.3, -0.25) is 27.9 Å². The van der Waals surface area contributed by atoms with E-state index in [0.717, 1.165) is 25.0 Å². The van der Waals surface area contributed by atoms with Gasteiger partial charge in [0.15, 0.2) is 27.9 Å². The molecule has 4 rings (SSSR count). The van der Waals surface area contributed by atoms with Crippen LogP contribution in [0.4, 0.5) is 9.52 Å². The molecule has 0 saturated carbocycles. The number of halogens is 2. The summed E-state index contributed by atoms with van der Waals surface area (Å²) in [5.74, 6) is -1.30. The second-order valence-electron chi connectivity index (χ2n) is 10.0. The molecule has 0 unspecified atom stereocenters. The van der Waals surface area contributed by atoms with Crippen molar-refractivity contribution < 1.29 is 13.9 Å². The van der Waals surface area contributed by atoms with Gasteiger partial charge in [0.05, 0.1) is 17.3 Å². The number of carbonyl (C=O) groups is 1. The molecule has 3 aromatic heterocycles. The molecule has 3 heterocycles. The Morgan fingerprint density at radius 2 is 1.76 bits per heavy atom. The van der Waals surface area contributed by atoms with Crippen LogP contribution < -0.4 is 27.0 Å². The molecule has 11 nitrogen and oxygen atoms in total. The van der Waals surface area contributed by atoms with Gasteiger partial charge < -0.3 is 10.1 Å². The highest BCUT2D eigenvalue weighted by Crippen LogP contribution is 2.35. The van der Waals surface area contributed by atoms with Crippen LogP contribution in [0, 0.1) is 11.2 Å². The Morgan fingerprint density at radius 1 is 1.11 bits per heavy atom. The molecule has 0 spiro atoms. The normalized spacial score (nSPS) is 11.8. The smallest absolute Gasteiger partial charge is 0.332 e. The number of carbonyl (C=O) groups excluding carboxylic acids is 1. The molecule has 0 bridgehead atoms. The number of hydrogen-bond donors (Lipinski definition) is 1. The Kier molecular flexibility index (Phi) is 7.10. The number of imidazole rings is 1. The highest BCUT2D eigenvalue weighted by Gasteiger charge is 2.22. The molecule has 1 aromatic carbocycles. The molecule has 1 amide bonds. The summed E-state index contributed by atoms with van der Waals surface area (Å²) in [6, 6.07) is 2.78. The summed E-state index contributed by atoms with van der Waals surface area (Å²) in [7, 11) is 4.14.